The van der Waals surface area contributed by atoms with Crippen LogP contribution in [-0.4, -0.2) is 42.3 Å². The molecule has 0 saturated heterocycles. The van der Waals surface area contributed by atoms with Gasteiger partial charge in [-0.2, -0.15) is 0 Å². The van der Waals surface area contributed by atoms with Crippen LogP contribution in [0.3, 0.4) is 0 Å². The molecule has 0 aliphatic carbocycles. The number of carbonyl (C=O) groups excluding carboxylic acids is 1. The molecule has 0 aliphatic rings. The van der Waals surface area contributed by atoms with Crippen molar-refractivity contribution in [3.05, 3.63) is 0 Å². The number of carboxylic acid groups (broad SMARTS) is 1. The van der Waals surface area contributed by atoms with Gasteiger partial charge in [-0.15, -0.1) is 0 Å². The molecule has 13 heavy (non-hydrogen) atoms. The van der Waals surface area contributed by atoms with Gasteiger partial charge >= 0.3 is 12.1 Å². The van der Waals surface area contributed by atoms with Gasteiger partial charge in [0, 0.05) is 7.05 Å². The van der Waals surface area contributed by atoms with Crippen molar-refractivity contribution < 1.29 is 19.4 Å². The van der Waals surface area contributed by atoms with Gasteiger partial charge in [-0.05, 0) is 6.42 Å². The van der Waals surface area contributed by atoms with E-state index in [2.05, 4.69) is 4.74 Å². The molecule has 5 nitrogen and oxygen atoms in total. The van der Waals surface area contributed by atoms with Crippen LogP contribution in [0.1, 0.15) is 19.8 Å². The van der Waals surface area contributed by atoms with Crippen LogP contribution in [0.15, 0.2) is 0 Å². The minimum atomic E-state index is -1.00. The van der Waals surface area contributed by atoms with E-state index in [-0.39, 0.29) is 0 Å². The number of carbonyl (C=O) groups is 2. The molecule has 0 rings (SSSR count). The number of amides is 1. The normalized spacial score (nSPS) is 11.9. The van der Waals surface area contributed by atoms with Crippen molar-refractivity contribution in [2.24, 2.45) is 0 Å². The Bertz CT molecular complexity index is 193. The molecule has 1 atom stereocenters. The molecule has 0 aromatic heterocycles. The third-order valence-corrected chi connectivity index (χ3v) is 1.78. The van der Waals surface area contributed by atoms with Crippen LogP contribution in [0.5, 0.6) is 0 Å². The average molecular weight is 189 g/mol. The number of hydrogen-bond donors (Lipinski definition) is 1. The van der Waals surface area contributed by atoms with E-state index in [1.54, 1.807) is 0 Å². The summed E-state index contributed by atoms with van der Waals surface area (Å²) < 4.78 is 4.41. The number of likely N-dealkylation sites (N-methyl/N-ethyl adjacent to an activating group) is 1. The van der Waals surface area contributed by atoms with Crippen LogP contribution >= 0.6 is 0 Å². The first-order valence-corrected chi connectivity index (χ1v) is 4.08. The van der Waals surface area contributed by atoms with E-state index in [0.29, 0.717) is 12.8 Å². The van der Waals surface area contributed by atoms with Gasteiger partial charge in [0.25, 0.3) is 0 Å². The van der Waals surface area contributed by atoms with Crippen LogP contribution < -0.4 is 0 Å². The Kier molecular flexibility index (Phi) is 4.87. The monoisotopic (exact) mass is 189 g/mol. The summed E-state index contributed by atoms with van der Waals surface area (Å²) in [6.45, 7) is 1.86. The topological polar surface area (TPSA) is 66.8 Å². The van der Waals surface area contributed by atoms with Crippen molar-refractivity contribution in [1.29, 1.82) is 0 Å². The molecule has 0 aromatic carbocycles. The Labute approximate surface area is 77.3 Å². The quantitative estimate of drug-likeness (QED) is 0.714. The number of carboxylic acids is 1. The summed E-state index contributed by atoms with van der Waals surface area (Å²) in [4.78, 5) is 22.8. The van der Waals surface area contributed by atoms with E-state index in [1.165, 1.54) is 14.2 Å². The zero-order chi connectivity index (χ0) is 10.4. The van der Waals surface area contributed by atoms with E-state index < -0.39 is 18.1 Å². The molecular formula is C8H15NO4. The minimum absolute atomic E-state index is 0.431. The summed E-state index contributed by atoms with van der Waals surface area (Å²) in [7, 11) is 2.64. The van der Waals surface area contributed by atoms with Gasteiger partial charge in [0.2, 0.25) is 0 Å². The van der Waals surface area contributed by atoms with Gasteiger partial charge in [-0.25, -0.2) is 9.59 Å². The first kappa shape index (κ1) is 11.7. The van der Waals surface area contributed by atoms with E-state index in [9.17, 15) is 9.59 Å². The van der Waals surface area contributed by atoms with Gasteiger partial charge in [0.15, 0.2) is 0 Å². The molecule has 0 bridgehead atoms. The van der Waals surface area contributed by atoms with Gasteiger partial charge < -0.3 is 9.84 Å². The first-order chi connectivity index (χ1) is 6.04. The highest BCUT2D eigenvalue weighted by Gasteiger charge is 2.25. The summed E-state index contributed by atoms with van der Waals surface area (Å²) in [5.41, 5.74) is 0. The maximum absolute atomic E-state index is 11.0. The van der Waals surface area contributed by atoms with Crippen LogP contribution in [0.25, 0.3) is 0 Å². The molecular weight excluding hydrogens is 174 g/mol. The van der Waals surface area contributed by atoms with Crippen LogP contribution in [0.2, 0.25) is 0 Å². The zero-order valence-corrected chi connectivity index (χ0v) is 8.11. The maximum atomic E-state index is 11.0. The summed E-state index contributed by atoms with van der Waals surface area (Å²) in [5, 5.41) is 8.77. The Morgan fingerprint density at radius 3 is 2.38 bits per heavy atom. The lowest BCUT2D eigenvalue weighted by molar-refractivity contribution is -0.142. The summed E-state index contributed by atoms with van der Waals surface area (Å²) in [6.07, 6.45) is 0.514. The number of nitrogens with zero attached hydrogens (tertiary/aromatic N) is 1. The Morgan fingerprint density at radius 1 is 1.54 bits per heavy atom. The molecule has 0 aliphatic heterocycles. The van der Waals surface area contributed by atoms with Gasteiger partial charge in [0.05, 0.1) is 7.11 Å². The number of hydrogen-bond acceptors (Lipinski definition) is 3. The third-order valence-electron chi connectivity index (χ3n) is 1.78. The first-order valence-electron chi connectivity index (χ1n) is 4.08. The zero-order valence-electron chi connectivity index (χ0n) is 8.11. The van der Waals surface area contributed by atoms with E-state index in [4.69, 9.17) is 5.11 Å². The minimum Gasteiger partial charge on any atom is -0.480 e. The fourth-order valence-corrected chi connectivity index (χ4v) is 1.03. The number of methoxy groups -OCH3 is 1. The number of rotatable bonds is 4. The lowest BCUT2D eigenvalue weighted by Crippen LogP contribution is -2.42. The van der Waals surface area contributed by atoms with E-state index in [0.717, 1.165) is 4.90 Å². The molecule has 0 spiro atoms. The number of aliphatic carboxylic acids is 1. The highest BCUT2D eigenvalue weighted by molar-refractivity contribution is 5.79. The second kappa shape index (κ2) is 5.40. The fraction of sp³-hybridized carbons (Fsp3) is 0.750. The predicted octanol–water partition coefficient (Wildman–Crippen LogP) is 0.938. The van der Waals surface area contributed by atoms with Crippen molar-refractivity contribution in [3.63, 3.8) is 0 Å². The fourth-order valence-electron chi connectivity index (χ4n) is 1.03. The molecule has 76 valence electrons. The molecule has 0 aromatic rings. The molecule has 1 amide bonds. The summed E-state index contributed by atoms with van der Waals surface area (Å²) >= 11 is 0. The van der Waals surface area contributed by atoms with E-state index in [1.807, 2.05) is 6.92 Å². The SMILES string of the molecule is CCCC(C(=O)O)N(C)C(=O)OC. The molecule has 0 fully saturated rings. The Hall–Kier alpha value is -1.26. The standard InChI is InChI=1S/C8H15NO4/c1-4-5-6(7(10)11)9(2)8(12)13-3/h6H,4-5H2,1-3H3,(H,10,11). The molecule has 0 heterocycles. The molecule has 0 radical (unpaired) electrons. The smallest absolute Gasteiger partial charge is 0.409 e. The Balaban J connectivity index is 4.35. The van der Waals surface area contributed by atoms with Gasteiger partial charge in [-0.1, -0.05) is 13.3 Å². The van der Waals surface area contributed by atoms with Crippen LogP contribution in [0.4, 0.5) is 4.79 Å². The van der Waals surface area contributed by atoms with Crippen molar-refractivity contribution in [3.8, 4) is 0 Å². The predicted molar refractivity (Wildman–Crippen MR) is 46.5 cm³/mol. The highest BCUT2D eigenvalue weighted by atomic mass is 16.5. The molecule has 0 saturated carbocycles. The average Bonchev–Trinajstić information content (AvgIpc) is 2.11. The maximum Gasteiger partial charge on any atom is 0.409 e. The van der Waals surface area contributed by atoms with Gasteiger partial charge in [-0.3, -0.25) is 4.90 Å². The van der Waals surface area contributed by atoms with Crippen molar-refractivity contribution in [1.82, 2.24) is 4.90 Å². The summed E-state index contributed by atoms with van der Waals surface area (Å²) in [5.74, 6) is -1.00. The van der Waals surface area contributed by atoms with Crippen molar-refractivity contribution in [2.75, 3.05) is 14.2 Å². The largest absolute Gasteiger partial charge is 0.480 e. The second-order valence-electron chi connectivity index (χ2n) is 2.72. The lowest BCUT2D eigenvalue weighted by atomic mass is 10.1. The number of ether oxygens (including phenoxy) is 1. The summed E-state index contributed by atoms with van der Waals surface area (Å²) in [6, 6.07) is -0.794. The van der Waals surface area contributed by atoms with Crippen LogP contribution in [-0.2, 0) is 9.53 Å². The molecule has 5 heteroatoms. The third kappa shape index (κ3) is 3.31. The molecule has 1 unspecified atom stereocenters. The van der Waals surface area contributed by atoms with Crippen molar-refractivity contribution >= 4 is 12.1 Å². The van der Waals surface area contributed by atoms with Crippen molar-refractivity contribution in [2.45, 2.75) is 25.8 Å². The van der Waals surface area contributed by atoms with Crippen LogP contribution in [0, 0.1) is 0 Å². The Morgan fingerprint density at radius 2 is 2.08 bits per heavy atom. The van der Waals surface area contributed by atoms with Gasteiger partial charge in [0.1, 0.15) is 6.04 Å². The second-order valence-corrected chi connectivity index (χ2v) is 2.72. The lowest BCUT2D eigenvalue weighted by Gasteiger charge is -2.22. The highest BCUT2D eigenvalue weighted by Crippen LogP contribution is 2.06. The molecule has 1 N–H and O–H groups in total. The van der Waals surface area contributed by atoms with E-state index >= 15 is 0 Å².